The van der Waals surface area contributed by atoms with E-state index in [0.29, 0.717) is 13.1 Å². The number of aromatic nitrogens is 1. The van der Waals surface area contributed by atoms with Crippen molar-refractivity contribution in [2.45, 2.75) is 13.1 Å². The van der Waals surface area contributed by atoms with Gasteiger partial charge in [-0.15, -0.1) is 0 Å². The number of likely N-dealkylation sites (N-methyl/N-ethyl adjacent to an activating group) is 1. The molecule has 2 aromatic rings. The largest absolute Gasteiger partial charge is 0.339 e. The molecular formula is C16H22N4O. The van der Waals surface area contributed by atoms with E-state index in [1.54, 1.807) is 0 Å². The smallest absolute Gasteiger partial charge is 0.242 e. The van der Waals surface area contributed by atoms with Crippen LogP contribution in [0, 0.1) is 0 Å². The van der Waals surface area contributed by atoms with Crippen LogP contribution in [0.15, 0.2) is 30.5 Å². The summed E-state index contributed by atoms with van der Waals surface area (Å²) < 4.78 is 2.02. The average molecular weight is 286 g/mol. The van der Waals surface area contributed by atoms with Gasteiger partial charge in [0.15, 0.2) is 0 Å². The molecule has 5 nitrogen and oxygen atoms in total. The van der Waals surface area contributed by atoms with Crippen LogP contribution in [0.3, 0.4) is 0 Å². The van der Waals surface area contributed by atoms with Crippen molar-refractivity contribution in [2.75, 3.05) is 33.2 Å². The summed E-state index contributed by atoms with van der Waals surface area (Å²) in [6, 6.07) is 8.14. The van der Waals surface area contributed by atoms with E-state index >= 15 is 0 Å². The Morgan fingerprint density at radius 2 is 1.95 bits per heavy atom. The predicted molar refractivity (Wildman–Crippen MR) is 83.9 cm³/mol. The molecule has 0 unspecified atom stereocenters. The number of hydrogen-bond donors (Lipinski definition) is 1. The van der Waals surface area contributed by atoms with Gasteiger partial charge in [-0.1, -0.05) is 12.1 Å². The summed E-state index contributed by atoms with van der Waals surface area (Å²) in [5.74, 6) is 0.193. The molecule has 1 amide bonds. The van der Waals surface area contributed by atoms with Crippen LogP contribution in [0.2, 0.25) is 0 Å². The number of piperazine rings is 1. The van der Waals surface area contributed by atoms with Crippen molar-refractivity contribution < 1.29 is 4.79 Å². The maximum absolute atomic E-state index is 12.4. The van der Waals surface area contributed by atoms with Gasteiger partial charge in [0, 0.05) is 49.8 Å². The van der Waals surface area contributed by atoms with E-state index in [1.165, 1.54) is 0 Å². The molecule has 1 aliphatic heterocycles. The molecule has 1 saturated heterocycles. The molecule has 0 saturated carbocycles. The van der Waals surface area contributed by atoms with Crippen LogP contribution in [0.5, 0.6) is 0 Å². The SMILES string of the molecule is CN1CCN(C(=O)Cn2ccc3c(CN)cccc32)CC1. The van der Waals surface area contributed by atoms with Crippen LogP contribution in [-0.2, 0) is 17.9 Å². The Labute approximate surface area is 124 Å². The summed E-state index contributed by atoms with van der Waals surface area (Å²) in [7, 11) is 2.09. The van der Waals surface area contributed by atoms with E-state index in [9.17, 15) is 4.79 Å². The molecule has 0 aliphatic carbocycles. The maximum Gasteiger partial charge on any atom is 0.242 e. The van der Waals surface area contributed by atoms with Crippen molar-refractivity contribution in [3.05, 3.63) is 36.0 Å². The summed E-state index contributed by atoms with van der Waals surface area (Å²) in [6.07, 6.45) is 1.98. The lowest BCUT2D eigenvalue weighted by Crippen LogP contribution is -2.48. The first-order valence-corrected chi connectivity index (χ1v) is 7.42. The van der Waals surface area contributed by atoms with E-state index in [2.05, 4.69) is 18.0 Å². The second kappa shape index (κ2) is 5.87. The number of fused-ring (bicyclic) bond motifs is 1. The molecule has 0 bridgehead atoms. The molecule has 1 aliphatic rings. The first kappa shape index (κ1) is 14.1. The zero-order chi connectivity index (χ0) is 14.8. The topological polar surface area (TPSA) is 54.5 Å². The number of amides is 1. The molecule has 0 spiro atoms. The zero-order valence-electron chi connectivity index (χ0n) is 12.5. The Balaban J connectivity index is 1.77. The quantitative estimate of drug-likeness (QED) is 0.911. The maximum atomic E-state index is 12.4. The monoisotopic (exact) mass is 286 g/mol. The van der Waals surface area contributed by atoms with Crippen LogP contribution in [-0.4, -0.2) is 53.5 Å². The lowest BCUT2D eigenvalue weighted by molar-refractivity contribution is -0.133. The number of nitrogens with zero attached hydrogens (tertiary/aromatic N) is 3. The van der Waals surface area contributed by atoms with Crippen molar-refractivity contribution >= 4 is 16.8 Å². The fraction of sp³-hybridized carbons (Fsp3) is 0.438. The van der Waals surface area contributed by atoms with E-state index < -0.39 is 0 Å². The second-order valence-electron chi connectivity index (χ2n) is 5.68. The van der Waals surface area contributed by atoms with Crippen molar-refractivity contribution in [3.63, 3.8) is 0 Å². The Hall–Kier alpha value is -1.85. The number of benzene rings is 1. The fourth-order valence-electron chi connectivity index (χ4n) is 2.90. The number of carbonyl (C=O) groups excluding carboxylic acids is 1. The lowest BCUT2D eigenvalue weighted by atomic mass is 10.1. The van der Waals surface area contributed by atoms with Gasteiger partial charge >= 0.3 is 0 Å². The number of carbonyl (C=O) groups is 1. The molecule has 1 aromatic heterocycles. The summed E-state index contributed by atoms with van der Waals surface area (Å²) in [6.45, 7) is 4.48. The predicted octanol–water partition coefficient (Wildman–Crippen LogP) is 0.874. The van der Waals surface area contributed by atoms with Gasteiger partial charge in [0.1, 0.15) is 6.54 Å². The highest BCUT2D eigenvalue weighted by Gasteiger charge is 2.19. The van der Waals surface area contributed by atoms with Gasteiger partial charge in [-0.05, 0) is 24.7 Å². The highest BCUT2D eigenvalue weighted by atomic mass is 16.2. The summed E-state index contributed by atoms with van der Waals surface area (Å²) in [5, 5.41) is 1.14. The van der Waals surface area contributed by atoms with Gasteiger partial charge in [0.25, 0.3) is 0 Å². The molecule has 2 N–H and O–H groups in total. The van der Waals surface area contributed by atoms with Crippen molar-refractivity contribution in [2.24, 2.45) is 5.73 Å². The molecule has 0 atom stereocenters. The normalized spacial score (nSPS) is 16.6. The number of rotatable bonds is 3. The molecule has 5 heteroatoms. The van der Waals surface area contributed by atoms with Crippen LogP contribution in [0.1, 0.15) is 5.56 Å². The Kier molecular flexibility index (Phi) is 3.94. The third-order valence-electron chi connectivity index (χ3n) is 4.29. The van der Waals surface area contributed by atoms with Crippen LogP contribution < -0.4 is 5.73 Å². The molecular weight excluding hydrogens is 264 g/mol. The van der Waals surface area contributed by atoms with Gasteiger partial charge in [-0.2, -0.15) is 0 Å². The molecule has 112 valence electrons. The van der Waals surface area contributed by atoms with E-state index in [0.717, 1.165) is 42.6 Å². The lowest BCUT2D eigenvalue weighted by Gasteiger charge is -2.32. The highest BCUT2D eigenvalue weighted by Crippen LogP contribution is 2.20. The standard InChI is InChI=1S/C16H22N4O/c1-18-7-9-19(10-8-18)16(21)12-20-6-5-14-13(11-17)3-2-4-15(14)20/h2-6H,7-12,17H2,1H3. The second-order valence-corrected chi connectivity index (χ2v) is 5.68. The van der Waals surface area contributed by atoms with Gasteiger partial charge in [-0.3, -0.25) is 4.79 Å². The van der Waals surface area contributed by atoms with Gasteiger partial charge in [-0.25, -0.2) is 0 Å². The minimum atomic E-state index is 0.193. The molecule has 2 heterocycles. The van der Waals surface area contributed by atoms with E-state index in [-0.39, 0.29) is 5.91 Å². The average Bonchev–Trinajstić information content (AvgIpc) is 2.91. The Bertz CT molecular complexity index is 641. The van der Waals surface area contributed by atoms with Gasteiger partial charge in [0.05, 0.1) is 0 Å². The van der Waals surface area contributed by atoms with Crippen LogP contribution in [0.4, 0.5) is 0 Å². The molecule has 21 heavy (non-hydrogen) atoms. The minimum Gasteiger partial charge on any atom is -0.339 e. The third-order valence-corrected chi connectivity index (χ3v) is 4.29. The third kappa shape index (κ3) is 2.80. The fourth-order valence-corrected chi connectivity index (χ4v) is 2.90. The zero-order valence-corrected chi connectivity index (χ0v) is 12.5. The van der Waals surface area contributed by atoms with Gasteiger partial charge in [0.2, 0.25) is 5.91 Å². The Morgan fingerprint density at radius 1 is 1.19 bits per heavy atom. The van der Waals surface area contributed by atoms with Gasteiger partial charge < -0.3 is 20.1 Å². The molecule has 1 fully saturated rings. The van der Waals surface area contributed by atoms with E-state index in [1.807, 2.05) is 33.9 Å². The first-order valence-electron chi connectivity index (χ1n) is 7.42. The Morgan fingerprint density at radius 3 is 2.67 bits per heavy atom. The summed E-state index contributed by atoms with van der Waals surface area (Å²) in [4.78, 5) is 16.6. The molecule has 3 rings (SSSR count). The highest BCUT2D eigenvalue weighted by molar-refractivity contribution is 5.86. The molecule has 0 radical (unpaired) electrons. The van der Waals surface area contributed by atoms with Crippen molar-refractivity contribution in [1.82, 2.24) is 14.4 Å². The minimum absolute atomic E-state index is 0.193. The van der Waals surface area contributed by atoms with Crippen molar-refractivity contribution in [3.8, 4) is 0 Å². The van der Waals surface area contributed by atoms with E-state index in [4.69, 9.17) is 5.73 Å². The summed E-state index contributed by atoms with van der Waals surface area (Å²) in [5.41, 5.74) is 7.97. The first-order chi connectivity index (χ1) is 10.2. The number of hydrogen-bond acceptors (Lipinski definition) is 3. The summed E-state index contributed by atoms with van der Waals surface area (Å²) >= 11 is 0. The molecule has 1 aromatic carbocycles. The van der Waals surface area contributed by atoms with Crippen molar-refractivity contribution in [1.29, 1.82) is 0 Å². The van der Waals surface area contributed by atoms with Crippen LogP contribution in [0.25, 0.3) is 10.9 Å². The van der Waals surface area contributed by atoms with Crippen LogP contribution >= 0.6 is 0 Å². The number of nitrogens with two attached hydrogens (primary N) is 1.